The van der Waals surface area contributed by atoms with Gasteiger partial charge in [0.15, 0.2) is 5.76 Å². The van der Waals surface area contributed by atoms with Crippen molar-refractivity contribution in [2.45, 2.75) is 38.6 Å². The average molecular weight is 399 g/mol. The maximum absolute atomic E-state index is 12.7. The van der Waals surface area contributed by atoms with E-state index in [4.69, 9.17) is 9.15 Å². The van der Waals surface area contributed by atoms with Crippen LogP contribution < -0.4 is 5.32 Å². The maximum Gasteiger partial charge on any atom is 0.341 e. The highest BCUT2D eigenvalue weighted by molar-refractivity contribution is 7.17. The first-order chi connectivity index (χ1) is 13.7. The van der Waals surface area contributed by atoms with Crippen molar-refractivity contribution < 1.29 is 18.7 Å². The lowest BCUT2D eigenvalue weighted by Crippen LogP contribution is -2.14. The standard InChI is InChI=1S/C20H21N3O4S/c1-26-20(25)17-14-6-3-2-4-7-16(14)28-19(17)22-18(24)15-9-8-13(27-15)12-23-11-5-10-21-23/h5,8-11H,2-4,6-7,12H2,1H3,(H,22,24). The second-order valence-electron chi connectivity index (χ2n) is 6.68. The molecule has 1 aliphatic carbocycles. The summed E-state index contributed by atoms with van der Waals surface area (Å²) in [5.74, 6) is 0.0346. The number of carbonyl (C=O) groups excluding carboxylic acids is 2. The summed E-state index contributed by atoms with van der Waals surface area (Å²) in [6, 6.07) is 5.21. The fourth-order valence-corrected chi connectivity index (χ4v) is 4.72. The molecule has 0 unspecified atom stereocenters. The molecule has 1 amide bonds. The largest absolute Gasteiger partial charge is 0.465 e. The van der Waals surface area contributed by atoms with E-state index in [0.717, 1.165) is 42.5 Å². The van der Waals surface area contributed by atoms with Gasteiger partial charge in [0.2, 0.25) is 0 Å². The average Bonchev–Trinajstić information content (AvgIpc) is 3.40. The van der Waals surface area contributed by atoms with Crippen LogP contribution in [0.1, 0.15) is 56.4 Å². The van der Waals surface area contributed by atoms with Crippen LogP contribution in [0.3, 0.4) is 0 Å². The van der Waals surface area contributed by atoms with Gasteiger partial charge in [-0.05, 0) is 49.4 Å². The molecule has 0 fully saturated rings. The Kier molecular flexibility index (Phi) is 5.29. The minimum absolute atomic E-state index is 0.196. The van der Waals surface area contributed by atoms with E-state index in [1.807, 2.05) is 12.3 Å². The lowest BCUT2D eigenvalue weighted by atomic mass is 10.1. The van der Waals surface area contributed by atoms with E-state index < -0.39 is 5.97 Å². The Labute approximate surface area is 166 Å². The molecule has 0 spiro atoms. The number of thiophene rings is 1. The normalized spacial score (nSPS) is 13.6. The second-order valence-corrected chi connectivity index (χ2v) is 7.79. The molecule has 28 heavy (non-hydrogen) atoms. The molecule has 3 aromatic heterocycles. The van der Waals surface area contributed by atoms with E-state index in [2.05, 4.69) is 10.4 Å². The van der Waals surface area contributed by atoms with Crippen molar-refractivity contribution in [1.82, 2.24) is 9.78 Å². The van der Waals surface area contributed by atoms with E-state index in [1.165, 1.54) is 18.4 Å². The van der Waals surface area contributed by atoms with Gasteiger partial charge in [-0.25, -0.2) is 4.79 Å². The van der Waals surface area contributed by atoms with Gasteiger partial charge >= 0.3 is 5.97 Å². The Bertz CT molecular complexity index is 987. The van der Waals surface area contributed by atoms with Gasteiger partial charge in [-0.1, -0.05) is 6.42 Å². The second kappa shape index (κ2) is 8.02. The van der Waals surface area contributed by atoms with Crippen molar-refractivity contribution in [3.05, 3.63) is 58.1 Å². The monoisotopic (exact) mass is 399 g/mol. The summed E-state index contributed by atoms with van der Waals surface area (Å²) in [6.07, 6.45) is 8.55. The molecular weight excluding hydrogens is 378 g/mol. The molecule has 0 bridgehead atoms. The molecule has 4 rings (SSSR count). The third-order valence-corrected chi connectivity index (χ3v) is 6.01. The molecule has 1 N–H and O–H groups in total. The van der Waals surface area contributed by atoms with Crippen LogP contribution in [0.25, 0.3) is 0 Å². The Morgan fingerprint density at radius 1 is 1.29 bits per heavy atom. The van der Waals surface area contributed by atoms with Gasteiger partial charge in [-0.3, -0.25) is 9.48 Å². The summed E-state index contributed by atoms with van der Waals surface area (Å²) in [7, 11) is 1.36. The Morgan fingerprint density at radius 2 is 2.14 bits per heavy atom. The highest BCUT2D eigenvalue weighted by Gasteiger charge is 2.27. The summed E-state index contributed by atoms with van der Waals surface area (Å²) in [5.41, 5.74) is 1.50. The third-order valence-electron chi connectivity index (χ3n) is 4.80. The molecule has 0 aliphatic heterocycles. The number of carbonyl (C=O) groups is 2. The first kappa shape index (κ1) is 18.5. The molecule has 0 radical (unpaired) electrons. The zero-order valence-corrected chi connectivity index (χ0v) is 16.4. The topological polar surface area (TPSA) is 86.4 Å². The van der Waals surface area contributed by atoms with Crippen LogP contribution >= 0.6 is 11.3 Å². The van der Waals surface area contributed by atoms with E-state index in [9.17, 15) is 9.59 Å². The summed E-state index contributed by atoms with van der Waals surface area (Å²) >= 11 is 1.46. The van der Waals surface area contributed by atoms with E-state index >= 15 is 0 Å². The van der Waals surface area contributed by atoms with Gasteiger partial charge in [0.25, 0.3) is 5.91 Å². The highest BCUT2D eigenvalue weighted by atomic mass is 32.1. The molecule has 3 heterocycles. The number of rotatable bonds is 5. The predicted molar refractivity (Wildman–Crippen MR) is 105 cm³/mol. The number of ether oxygens (including phenoxy) is 1. The number of hydrogen-bond acceptors (Lipinski definition) is 6. The van der Waals surface area contributed by atoms with E-state index in [1.54, 1.807) is 23.0 Å². The Hall–Kier alpha value is -2.87. The Morgan fingerprint density at radius 3 is 2.93 bits per heavy atom. The highest BCUT2D eigenvalue weighted by Crippen LogP contribution is 2.38. The van der Waals surface area contributed by atoms with Gasteiger partial charge in [-0.2, -0.15) is 5.10 Å². The molecule has 1 aliphatic rings. The van der Waals surface area contributed by atoms with Crippen molar-refractivity contribution in [2.75, 3.05) is 12.4 Å². The quantitative estimate of drug-likeness (QED) is 0.519. The smallest absolute Gasteiger partial charge is 0.341 e. The van der Waals surface area contributed by atoms with Gasteiger partial charge < -0.3 is 14.5 Å². The van der Waals surface area contributed by atoms with Gasteiger partial charge in [-0.15, -0.1) is 11.3 Å². The lowest BCUT2D eigenvalue weighted by Gasteiger charge is -2.06. The number of nitrogens with zero attached hydrogens (tertiary/aromatic N) is 2. The SMILES string of the molecule is COC(=O)c1c(NC(=O)c2ccc(Cn3cccn3)o2)sc2c1CCCCC2. The number of aromatic nitrogens is 2. The number of anilines is 1. The number of amides is 1. The van der Waals surface area contributed by atoms with Crippen molar-refractivity contribution >= 4 is 28.2 Å². The van der Waals surface area contributed by atoms with Gasteiger partial charge in [0, 0.05) is 17.3 Å². The van der Waals surface area contributed by atoms with Gasteiger partial charge in [0.1, 0.15) is 10.8 Å². The zero-order valence-electron chi connectivity index (χ0n) is 15.6. The maximum atomic E-state index is 12.7. The van der Waals surface area contributed by atoms with Crippen molar-refractivity contribution in [1.29, 1.82) is 0 Å². The molecule has 0 saturated heterocycles. The van der Waals surface area contributed by atoms with Crippen LogP contribution in [0, 0.1) is 0 Å². The molecule has 8 heteroatoms. The van der Waals surface area contributed by atoms with Gasteiger partial charge in [0.05, 0.1) is 19.2 Å². The van der Waals surface area contributed by atoms with Crippen LogP contribution in [0.15, 0.2) is 35.0 Å². The number of esters is 1. The molecule has 0 atom stereocenters. The number of aryl methyl sites for hydroxylation is 1. The number of nitrogens with one attached hydrogen (secondary N) is 1. The third kappa shape index (κ3) is 3.73. The molecule has 7 nitrogen and oxygen atoms in total. The van der Waals surface area contributed by atoms with E-state index in [-0.39, 0.29) is 11.7 Å². The van der Waals surface area contributed by atoms with Crippen molar-refractivity contribution in [3.8, 4) is 0 Å². The number of fused-ring (bicyclic) bond motifs is 1. The summed E-state index contributed by atoms with van der Waals surface area (Å²) in [5, 5.41) is 7.52. The van der Waals surface area contributed by atoms with Crippen LogP contribution in [-0.2, 0) is 24.1 Å². The minimum Gasteiger partial charge on any atom is -0.465 e. The van der Waals surface area contributed by atoms with Crippen LogP contribution in [-0.4, -0.2) is 28.8 Å². The predicted octanol–water partition coefficient (Wildman–Crippen LogP) is 3.89. The number of furan rings is 1. The minimum atomic E-state index is -0.409. The lowest BCUT2D eigenvalue weighted by molar-refractivity contribution is 0.0601. The summed E-state index contributed by atoms with van der Waals surface area (Å²) < 4.78 is 12.3. The molecule has 0 saturated carbocycles. The summed E-state index contributed by atoms with van der Waals surface area (Å²) in [4.78, 5) is 26.2. The molecule has 146 valence electrons. The van der Waals surface area contributed by atoms with Crippen molar-refractivity contribution in [2.24, 2.45) is 0 Å². The fourth-order valence-electron chi connectivity index (χ4n) is 3.45. The van der Waals surface area contributed by atoms with Crippen LogP contribution in [0.4, 0.5) is 5.00 Å². The van der Waals surface area contributed by atoms with Crippen LogP contribution in [0.2, 0.25) is 0 Å². The van der Waals surface area contributed by atoms with Crippen LogP contribution in [0.5, 0.6) is 0 Å². The Balaban J connectivity index is 1.56. The molecule has 0 aromatic carbocycles. The number of hydrogen-bond donors (Lipinski definition) is 1. The summed E-state index contributed by atoms with van der Waals surface area (Å²) in [6.45, 7) is 0.445. The van der Waals surface area contributed by atoms with Crippen molar-refractivity contribution in [3.63, 3.8) is 0 Å². The fraction of sp³-hybridized carbons (Fsp3) is 0.350. The first-order valence-electron chi connectivity index (χ1n) is 9.26. The molecular formula is C20H21N3O4S. The molecule has 3 aromatic rings. The number of methoxy groups -OCH3 is 1. The van der Waals surface area contributed by atoms with E-state index in [0.29, 0.717) is 22.9 Å². The zero-order chi connectivity index (χ0) is 19.5. The first-order valence-corrected chi connectivity index (χ1v) is 10.1.